The maximum atomic E-state index is 13.1. The lowest BCUT2D eigenvalue weighted by Crippen LogP contribution is -2.07. The second kappa shape index (κ2) is 7.23. The fourth-order valence-corrected chi connectivity index (χ4v) is 4.28. The lowest BCUT2D eigenvalue weighted by atomic mass is 9.84. The van der Waals surface area contributed by atoms with Crippen molar-refractivity contribution in [3.05, 3.63) is 101 Å². The zero-order valence-corrected chi connectivity index (χ0v) is 16.6. The fraction of sp³-hybridized carbons (Fsp3) is 0.120. The van der Waals surface area contributed by atoms with Crippen LogP contribution < -0.4 is 4.74 Å². The molecule has 1 atom stereocenters. The number of H-pyrrole nitrogens is 2. The van der Waals surface area contributed by atoms with Crippen LogP contribution in [0, 0.1) is 0 Å². The molecule has 0 radical (unpaired) electrons. The van der Waals surface area contributed by atoms with Gasteiger partial charge in [-0.2, -0.15) is 13.2 Å². The Morgan fingerprint density at radius 3 is 2.19 bits per heavy atom. The molecule has 2 heterocycles. The highest BCUT2D eigenvalue weighted by Gasteiger charge is 2.31. The Morgan fingerprint density at radius 2 is 1.45 bits per heavy atom. The van der Waals surface area contributed by atoms with Crippen LogP contribution in [-0.2, 0) is 6.18 Å². The highest BCUT2D eigenvalue weighted by Crippen LogP contribution is 2.41. The van der Waals surface area contributed by atoms with E-state index in [0.29, 0.717) is 5.75 Å². The molecule has 0 aliphatic rings. The summed E-state index contributed by atoms with van der Waals surface area (Å²) in [4.78, 5) is 6.58. The van der Waals surface area contributed by atoms with Crippen LogP contribution in [0.1, 0.15) is 28.2 Å². The first kappa shape index (κ1) is 19.3. The summed E-state index contributed by atoms with van der Waals surface area (Å²) in [5.74, 6) is 0.452. The van der Waals surface area contributed by atoms with Crippen molar-refractivity contribution in [2.24, 2.45) is 0 Å². The van der Waals surface area contributed by atoms with Gasteiger partial charge in [0, 0.05) is 34.6 Å². The van der Waals surface area contributed by atoms with E-state index in [0.717, 1.165) is 50.6 Å². The third-order valence-corrected chi connectivity index (χ3v) is 5.74. The molecule has 0 fully saturated rings. The molecule has 3 aromatic carbocycles. The molecule has 3 nitrogen and oxygen atoms in total. The molecule has 2 aromatic heterocycles. The number of aromatic amines is 2. The summed E-state index contributed by atoms with van der Waals surface area (Å²) >= 11 is 0. The van der Waals surface area contributed by atoms with E-state index in [4.69, 9.17) is 4.74 Å². The molecular weight excluding hydrogens is 401 g/mol. The van der Waals surface area contributed by atoms with Gasteiger partial charge in [0.15, 0.2) is 0 Å². The average Bonchev–Trinajstić information content (AvgIpc) is 3.39. The van der Waals surface area contributed by atoms with Crippen LogP contribution in [0.5, 0.6) is 5.75 Å². The number of alkyl halides is 3. The van der Waals surface area contributed by atoms with Gasteiger partial charge in [-0.05, 0) is 41.0 Å². The maximum absolute atomic E-state index is 13.1. The van der Waals surface area contributed by atoms with Gasteiger partial charge in [0.1, 0.15) is 5.75 Å². The quantitative estimate of drug-likeness (QED) is 0.328. The van der Waals surface area contributed by atoms with E-state index in [2.05, 4.69) is 9.97 Å². The van der Waals surface area contributed by atoms with Crippen LogP contribution in [0.2, 0.25) is 0 Å². The molecule has 0 spiro atoms. The van der Waals surface area contributed by atoms with Gasteiger partial charge in [0.2, 0.25) is 0 Å². The van der Waals surface area contributed by atoms with Crippen molar-refractivity contribution in [1.29, 1.82) is 0 Å². The minimum absolute atomic E-state index is 0.265. The van der Waals surface area contributed by atoms with E-state index in [9.17, 15) is 13.2 Å². The van der Waals surface area contributed by atoms with Gasteiger partial charge in [-0.25, -0.2) is 0 Å². The monoisotopic (exact) mass is 420 g/mol. The zero-order valence-electron chi connectivity index (χ0n) is 16.6. The standard InChI is InChI=1S/C25H19F3N2O/c1-31-22-8-4-6-18-20(14-30-24(18)22)23(15-9-11-16(12-10-15)25(26,27)28)19-13-29-21-7-3-2-5-17(19)21/h2-14,23,29-30H,1H3. The average molecular weight is 420 g/mol. The molecule has 5 rings (SSSR count). The van der Waals surface area contributed by atoms with Gasteiger partial charge in [-0.1, -0.05) is 42.5 Å². The van der Waals surface area contributed by atoms with Crippen molar-refractivity contribution in [3.63, 3.8) is 0 Å². The molecule has 0 bridgehead atoms. The smallest absolute Gasteiger partial charge is 0.416 e. The van der Waals surface area contributed by atoms with E-state index in [1.54, 1.807) is 19.2 Å². The van der Waals surface area contributed by atoms with Gasteiger partial charge in [-0.3, -0.25) is 0 Å². The first-order chi connectivity index (χ1) is 15.0. The van der Waals surface area contributed by atoms with Gasteiger partial charge in [-0.15, -0.1) is 0 Å². The van der Waals surface area contributed by atoms with E-state index in [-0.39, 0.29) is 5.92 Å². The Balaban J connectivity index is 1.74. The van der Waals surface area contributed by atoms with Gasteiger partial charge in [0.05, 0.1) is 18.2 Å². The van der Waals surface area contributed by atoms with Crippen LogP contribution in [0.4, 0.5) is 13.2 Å². The number of fused-ring (bicyclic) bond motifs is 2. The molecule has 0 aliphatic heterocycles. The molecular formula is C25H19F3N2O. The summed E-state index contributed by atoms with van der Waals surface area (Å²) in [5.41, 5.74) is 3.93. The van der Waals surface area contributed by atoms with Crippen LogP contribution in [-0.4, -0.2) is 17.1 Å². The molecule has 31 heavy (non-hydrogen) atoms. The SMILES string of the molecule is COc1cccc2c(C(c3ccc(C(F)(F)F)cc3)c3c[nH]c4ccccc34)c[nH]c12. The number of methoxy groups -OCH3 is 1. The topological polar surface area (TPSA) is 40.8 Å². The minimum atomic E-state index is -4.37. The Kier molecular flexibility index (Phi) is 4.50. The van der Waals surface area contributed by atoms with E-state index in [1.807, 2.05) is 54.9 Å². The van der Waals surface area contributed by atoms with E-state index < -0.39 is 11.7 Å². The number of ether oxygens (including phenoxy) is 1. The lowest BCUT2D eigenvalue weighted by Gasteiger charge is -2.18. The first-order valence-corrected chi connectivity index (χ1v) is 9.84. The summed E-state index contributed by atoms with van der Waals surface area (Å²) < 4.78 is 44.9. The molecule has 5 aromatic rings. The highest BCUT2D eigenvalue weighted by molar-refractivity contribution is 5.91. The summed E-state index contributed by atoms with van der Waals surface area (Å²) in [6.07, 6.45) is -0.522. The molecule has 0 saturated heterocycles. The van der Waals surface area contributed by atoms with Crippen LogP contribution in [0.15, 0.2) is 79.1 Å². The number of hydrogen-bond acceptors (Lipinski definition) is 1. The predicted molar refractivity (Wildman–Crippen MR) is 116 cm³/mol. The normalized spacial score (nSPS) is 13.0. The van der Waals surface area contributed by atoms with Crippen LogP contribution in [0.25, 0.3) is 21.8 Å². The number of benzene rings is 3. The van der Waals surface area contributed by atoms with Crippen molar-refractivity contribution >= 4 is 21.8 Å². The number of hydrogen-bond donors (Lipinski definition) is 2. The molecule has 1 unspecified atom stereocenters. The highest BCUT2D eigenvalue weighted by atomic mass is 19.4. The number of nitrogens with one attached hydrogen (secondary N) is 2. The third-order valence-electron chi connectivity index (χ3n) is 5.74. The van der Waals surface area contributed by atoms with Gasteiger partial charge in [0.25, 0.3) is 0 Å². The molecule has 156 valence electrons. The Bertz CT molecular complexity index is 1360. The number of rotatable bonds is 4. The zero-order chi connectivity index (χ0) is 21.6. The van der Waals surface area contributed by atoms with E-state index >= 15 is 0 Å². The number of para-hydroxylation sites is 2. The molecule has 2 N–H and O–H groups in total. The number of aromatic nitrogens is 2. The molecule has 0 amide bonds. The van der Waals surface area contributed by atoms with Crippen molar-refractivity contribution < 1.29 is 17.9 Å². The molecule has 0 saturated carbocycles. The van der Waals surface area contributed by atoms with Gasteiger partial charge >= 0.3 is 6.18 Å². The Labute approximate surface area is 176 Å². The van der Waals surface area contributed by atoms with Crippen LogP contribution >= 0.6 is 0 Å². The van der Waals surface area contributed by atoms with E-state index in [1.165, 1.54) is 0 Å². The van der Waals surface area contributed by atoms with Crippen molar-refractivity contribution in [2.75, 3.05) is 7.11 Å². The molecule has 6 heteroatoms. The Hall–Kier alpha value is -3.67. The fourth-order valence-electron chi connectivity index (χ4n) is 4.28. The summed E-state index contributed by atoms with van der Waals surface area (Å²) in [6, 6.07) is 19.1. The predicted octanol–water partition coefficient (Wildman–Crippen LogP) is 6.86. The maximum Gasteiger partial charge on any atom is 0.416 e. The third kappa shape index (κ3) is 3.24. The Morgan fingerprint density at radius 1 is 0.774 bits per heavy atom. The van der Waals surface area contributed by atoms with Crippen molar-refractivity contribution in [3.8, 4) is 5.75 Å². The second-order valence-corrected chi connectivity index (χ2v) is 7.47. The van der Waals surface area contributed by atoms with Gasteiger partial charge < -0.3 is 14.7 Å². The molecule has 0 aliphatic carbocycles. The van der Waals surface area contributed by atoms with Crippen molar-refractivity contribution in [2.45, 2.75) is 12.1 Å². The first-order valence-electron chi connectivity index (χ1n) is 9.84. The second-order valence-electron chi connectivity index (χ2n) is 7.47. The van der Waals surface area contributed by atoms with Crippen LogP contribution in [0.3, 0.4) is 0 Å². The largest absolute Gasteiger partial charge is 0.495 e. The summed E-state index contributed by atoms with van der Waals surface area (Å²) in [7, 11) is 1.61. The van der Waals surface area contributed by atoms with Crippen molar-refractivity contribution in [1.82, 2.24) is 9.97 Å². The minimum Gasteiger partial charge on any atom is -0.495 e. The summed E-state index contributed by atoms with van der Waals surface area (Å²) in [6.45, 7) is 0. The lowest BCUT2D eigenvalue weighted by molar-refractivity contribution is -0.137. The number of halogens is 3. The summed E-state index contributed by atoms with van der Waals surface area (Å²) in [5, 5.41) is 2.00.